The van der Waals surface area contributed by atoms with Gasteiger partial charge in [0.1, 0.15) is 17.2 Å². The molecule has 0 fully saturated rings. The van der Waals surface area contributed by atoms with Crippen LogP contribution in [-0.4, -0.2) is 29.9 Å². The predicted molar refractivity (Wildman–Crippen MR) is 113 cm³/mol. The maximum absolute atomic E-state index is 10.9. The van der Waals surface area contributed by atoms with Gasteiger partial charge in [-0.1, -0.05) is 12.1 Å². The zero-order valence-electron chi connectivity index (χ0n) is 16.3. The minimum atomic E-state index is -0.307. The van der Waals surface area contributed by atoms with E-state index in [4.69, 9.17) is 4.42 Å². The Morgan fingerprint density at radius 1 is 0.967 bits per heavy atom. The van der Waals surface area contributed by atoms with Crippen molar-refractivity contribution in [2.45, 2.75) is 13.8 Å². The van der Waals surface area contributed by atoms with Crippen LogP contribution in [0, 0.1) is 13.8 Å². The van der Waals surface area contributed by atoms with Gasteiger partial charge in [0, 0.05) is 0 Å². The number of aromatic hydroxyl groups is 3. The average molecular weight is 401 g/mol. The van der Waals surface area contributed by atoms with E-state index in [-0.39, 0.29) is 17.4 Å². The fraction of sp³-hybridized carbons (Fsp3) is 0.0870. The van der Waals surface area contributed by atoms with Gasteiger partial charge in [0.25, 0.3) is 0 Å². The zero-order valence-corrected chi connectivity index (χ0v) is 16.3. The molecule has 3 aromatic heterocycles. The largest absolute Gasteiger partial charge is 0.508 e. The number of H-pyrrole nitrogens is 1. The molecule has 0 radical (unpaired) electrons. The lowest BCUT2D eigenvalue weighted by Crippen LogP contribution is -1.97. The molecule has 0 aliphatic carbocycles. The Kier molecular flexibility index (Phi) is 3.86. The maximum Gasteiger partial charge on any atom is 0.240 e. The second-order valence-corrected chi connectivity index (χ2v) is 7.23. The van der Waals surface area contributed by atoms with Crippen LogP contribution < -0.4 is 0 Å². The van der Waals surface area contributed by atoms with Crippen molar-refractivity contribution >= 4 is 11.0 Å². The lowest BCUT2D eigenvalue weighted by atomic mass is 10.0. The summed E-state index contributed by atoms with van der Waals surface area (Å²) in [4.78, 5) is 7.29. The summed E-state index contributed by atoms with van der Waals surface area (Å²) in [5.41, 5.74) is 4.72. The van der Waals surface area contributed by atoms with Gasteiger partial charge in [-0.15, -0.1) is 0 Å². The SMILES string of the molecule is Cc1cc(-c2c(-c3ccc(O)cc3)c(O)c(O)n2-c2ccc3nc[nH]c3c2)oc1C. The van der Waals surface area contributed by atoms with Crippen LogP contribution in [0.2, 0.25) is 0 Å². The minimum absolute atomic E-state index is 0.109. The van der Waals surface area contributed by atoms with Crippen LogP contribution in [0.3, 0.4) is 0 Å². The molecular weight excluding hydrogens is 382 g/mol. The number of aryl methyl sites for hydroxylation is 2. The number of aromatic amines is 1. The molecule has 3 heterocycles. The molecule has 2 aromatic carbocycles. The molecule has 150 valence electrons. The molecular formula is C23H19N3O4. The molecule has 0 aliphatic heterocycles. The van der Waals surface area contributed by atoms with E-state index in [9.17, 15) is 15.3 Å². The third-order valence-electron chi connectivity index (χ3n) is 5.34. The molecule has 0 unspecified atom stereocenters. The molecule has 0 saturated heterocycles. The van der Waals surface area contributed by atoms with Gasteiger partial charge in [-0.05, 0) is 61.4 Å². The summed E-state index contributed by atoms with van der Waals surface area (Å²) in [6, 6.07) is 13.8. The molecule has 0 bridgehead atoms. The molecule has 5 rings (SSSR count). The van der Waals surface area contributed by atoms with Crippen molar-refractivity contribution in [1.82, 2.24) is 14.5 Å². The number of aromatic nitrogens is 3. The molecule has 0 amide bonds. The van der Waals surface area contributed by atoms with Crippen molar-refractivity contribution in [3.05, 3.63) is 66.2 Å². The van der Waals surface area contributed by atoms with Crippen molar-refractivity contribution in [1.29, 1.82) is 0 Å². The lowest BCUT2D eigenvalue weighted by molar-refractivity contribution is 0.388. The number of nitrogens with zero attached hydrogens (tertiary/aromatic N) is 2. The van der Waals surface area contributed by atoms with Gasteiger partial charge in [0.05, 0.1) is 28.6 Å². The molecule has 0 saturated carbocycles. The summed E-state index contributed by atoms with van der Waals surface area (Å²) in [6.07, 6.45) is 1.60. The van der Waals surface area contributed by atoms with E-state index in [1.807, 2.05) is 38.1 Å². The Morgan fingerprint density at radius 3 is 2.43 bits per heavy atom. The van der Waals surface area contributed by atoms with Crippen molar-refractivity contribution in [3.8, 4) is 45.6 Å². The Bertz CT molecular complexity index is 1370. The number of imidazole rings is 1. The highest BCUT2D eigenvalue weighted by Gasteiger charge is 2.28. The molecule has 30 heavy (non-hydrogen) atoms. The van der Waals surface area contributed by atoms with E-state index in [2.05, 4.69) is 9.97 Å². The monoisotopic (exact) mass is 401 g/mol. The first kappa shape index (κ1) is 17.9. The zero-order chi connectivity index (χ0) is 21.0. The van der Waals surface area contributed by atoms with Crippen LogP contribution >= 0.6 is 0 Å². The second-order valence-electron chi connectivity index (χ2n) is 7.23. The summed E-state index contributed by atoms with van der Waals surface area (Å²) >= 11 is 0. The van der Waals surface area contributed by atoms with E-state index in [0.717, 1.165) is 22.4 Å². The van der Waals surface area contributed by atoms with Gasteiger partial charge in [-0.2, -0.15) is 0 Å². The average Bonchev–Trinajstić information content (AvgIpc) is 3.40. The number of fused-ring (bicyclic) bond motifs is 1. The second kappa shape index (κ2) is 6.45. The number of furan rings is 1. The lowest BCUT2D eigenvalue weighted by Gasteiger charge is -2.10. The van der Waals surface area contributed by atoms with Crippen LogP contribution in [-0.2, 0) is 0 Å². The van der Waals surface area contributed by atoms with Crippen LogP contribution in [0.25, 0.3) is 39.3 Å². The minimum Gasteiger partial charge on any atom is -0.508 e. The fourth-order valence-corrected chi connectivity index (χ4v) is 3.69. The first-order valence-electron chi connectivity index (χ1n) is 9.41. The summed E-state index contributed by atoms with van der Waals surface area (Å²) in [5.74, 6) is 0.786. The first-order valence-corrected chi connectivity index (χ1v) is 9.41. The number of nitrogens with one attached hydrogen (secondary N) is 1. The van der Waals surface area contributed by atoms with E-state index >= 15 is 0 Å². The number of hydrogen-bond acceptors (Lipinski definition) is 5. The van der Waals surface area contributed by atoms with Crippen molar-refractivity contribution in [2.24, 2.45) is 0 Å². The Morgan fingerprint density at radius 2 is 1.73 bits per heavy atom. The summed E-state index contributed by atoms with van der Waals surface area (Å²) in [6.45, 7) is 3.80. The number of hydrogen-bond donors (Lipinski definition) is 4. The van der Waals surface area contributed by atoms with Gasteiger partial charge in [0.2, 0.25) is 5.88 Å². The Labute approximate surface area is 171 Å². The quantitative estimate of drug-likeness (QED) is 0.340. The summed E-state index contributed by atoms with van der Waals surface area (Å²) in [7, 11) is 0. The molecule has 0 aliphatic rings. The molecule has 0 spiro atoms. The van der Waals surface area contributed by atoms with Crippen LogP contribution in [0.15, 0.2) is 59.3 Å². The molecule has 5 aromatic rings. The smallest absolute Gasteiger partial charge is 0.240 e. The topological polar surface area (TPSA) is 107 Å². The maximum atomic E-state index is 10.9. The third-order valence-corrected chi connectivity index (χ3v) is 5.34. The Hall–Kier alpha value is -4.13. The molecule has 7 nitrogen and oxygen atoms in total. The van der Waals surface area contributed by atoms with Gasteiger partial charge < -0.3 is 24.7 Å². The van der Waals surface area contributed by atoms with E-state index in [1.165, 1.54) is 12.1 Å². The van der Waals surface area contributed by atoms with Crippen LogP contribution in [0.1, 0.15) is 11.3 Å². The number of rotatable bonds is 3. The van der Waals surface area contributed by atoms with E-state index < -0.39 is 0 Å². The highest BCUT2D eigenvalue weighted by Crippen LogP contribution is 2.49. The number of benzene rings is 2. The predicted octanol–water partition coefficient (Wildman–Crippen LogP) is 5.01. The van der Waals surface area contributed by atoms with Crippen LogP contribution in [0.4, 0.5) is 0 Å². The van der Waals surface area contributed by atoms with Crippen LogP contribution in [0.5, 0.6) is 17.4 Å². The Balaban J connectivity index is 1.85. The van der Waals surface area contributed by atoms with Crippen molar-refractivity contribution < 1.29 is 19.7 Å². The van der Waals surface area contributed by atoms with E-state index in [1.54, 1.807) is 23.0 Å². The van der Waals surface area contributed by atoms with Gasteiger partial charge in [-0.3, -0.25) is 4.57 Å². The summed E-state index contributed by atoms with van der Waals surface area (Å²) in [5, 5.41) is 31.5. The number of phenols is 1. The van der Waals surface area contributed by atoms with Gasteiger partial charge in [-0.25, -0.2) is 4.98 Å². The van der Waals surface area contributed by atoms with Crippen molar-refractivity contribution in [3.63, 3.8) is 0 Å². The normalized spacial score (nSPS) is 11.4. The standard InChI is InChI=1S/C23H19N3O4/c1-12-9-19(30-13(12)2)21-20(14-3-6-16(27)7-4-14)22(28)23(29)26(21)15-5-8-17-18(10-15)25-11-24-17/h3-11,27-29H,1-2H3,(H,24,25). The van der Waals surface area contributed by atoms with Crippen molar-refractivity contribution in [2.75, 3.05) is 0 Å². The number of phenolic OH excluding ortho intramolecular Hbond substituents is 1. The molecule has 4 N–H and O–H groups in total. The highest BCUT2D eigenvalue weighted by molar-refractivity contribution is 5.89. The van der Waals surface area contributed by atoms with E-state index in [0.29, 0.717) is 28.3 Å². The van der Waals surface area contributed by atoms with Gasteiger partial charge >= 0.3 is 0 Å². The summed E-state index contributed by atoms with van der Waals surface area (Å²) < 4.78 is 7.53. The van der Waals surface area contributed by atoms with Gasteiger partial charge in [0.15, 0.2) is 11.5 Å². The molecule has 0 atom stereocenters. The highest BCUT2D eigenvalue weighted by atomic mass is 16.3. The third kappa shape index (κ3) is 2.63. The fourth-order valence-electron chi connectivity index (χ4n) is 3.69. The first-order chi connectivity index (χ1) is 14.4. The molecule has 7 heteroatoms.